The van der Waals surface area contributed by atoms with Gasteiger partial charge in [-0.1, -0.05) is 6.92 Å². The normalized spacial score (nSPS) is 18.4. The summed E-state index contributed by atoms with van der Waals surface area (Å²) in [6.07, 6.45) is -9.61. The number of benzene rings is 1. The number of rotatable bonds is 5. The van der Waals surface area contributed by atoms with Crippen molar-refractivity contribution in [2.75, 3.05) is 25.0 Å². The van der Waals surface area contributed by atoms with E-state index >= 15 is 0 Å². The van der Waals surface area contributed by atoms with Crippen LogP contribution in [-0.4, -0.2) is 58.6 Å². The van der Waals surface area contributed by atoms with Crippen LogP contribution < -0.4 is 9.64 Å². The Balaban J connectivity index is 0.000000663. The number of carbonyl (C=O) groups is 1. The fourth-order valence-corrected chi connectivity index (χ4v) is 5.78. The van der Waals surface area contributed by atoms with Gasteiger partial charge in [-0.2, -0.15) is 26.3 Å². The second-order valence-corrected chi connectivity index (χ2v) is 11.4. The predicted octanol–water partition coefficient (Wildman–Crippen LogP) is 7.73. The van der Waals surface area contributed by atoms with Crippen molar-refractivity contribution in [3.8, 4) is 5.75 Å². The molecule has 1 aliphatic heterocycles. The second kappa shape index (κ2) is 12.7. The Morgan fingerprint density at radius 1 is 1.15 bits per heavy atom. The number of aromatic nitrogens is 1. The monoisotopic (exact) mass is 621 g/mol. The summed E-state index contributed by atoms with van der Waals surface area (Å²) in [6, 6.07) is 2.04. The van der Waals surface area contributed by atoms with Crippen LogP contribution in [0.2, 0.25) is 0 Å². The highest BCUT2D eigenvalue weighted by molar-refractivity contribution is 7.97. The topological polar surface area (TPSA) is 65.9 Å². The van der Waals surface area contributed by atoms with Crippen molar-refractivity contribution < 1.29 is 49.8 Å². The van der Waals surface area contributed by atoms with Gasteiger partial charge in [-0.05, 0) is 44.0 Å². The van der Waals surface area contributed by atoms with Crippen LogP contribution in [0.5, 0.6) is 5.75 Å². The van der Waals surface area contributed by atoms with Gasteiger partial charge in [0.05, 0.1) is 26.5 Å². The molecule has 6 nitrogen and oxygen atoms in total. The van der Waals surface area contributed by atoms with E-state index in [1.54, 1.807) is 0 Å². The van der Waals surface area contributed by atoms with Crippen LogP contribution in [0.25, 0.3) is 0 Å². The van der Waals surface area contributed by atoms with Crippen LogP contribution in [0.4, 0.5) is 40.8 Å². The third-order valence-corrected chi connectivity index (χ3v) is 8.14. The molecule has 0 atom stereocenters. The van der Waals surface area contributed by atoms with Gasteiger partial charge in [-0.25, -0.2) is 22.9 Å². The zero-order chi connectivity index (χ0) is 29.9. The van der Waals surface area contributed by atoms with Crippen molar-refractivity contribution in [3.63, 3.8) is 0 Å². The average Bonchev–Trinajstić information content (AvgIpc) is 3.26. The molecule has 0 spiro atoms. The zero-order valence-corrected chi connectivity index (χ0v) is 23.0. The predicted molar refractivity (Wildman–Crippen MR) is 134 cm³/mol. The van der Waals surface area contributed by atoms with Crippen LogP contribution >= 0.6 is 23.3 Å². The SMILES string of the molecule is CCC(F)(F)F.CN1CCN(C2CCC(F)(F)CC2)c2cc(C(F)(F)F)c(OCc3scnc3C(=O)O)cc2S1. The first-order valence-electron chi connectivity index (χ1n) is 12.1. The maximum atomic E-state index is 14.0. The molecule has 0 unspecified atom stereocenters. The number of anilines is 1. The lowest BCUT2D eigenvalue weighted by Gasteiger charge is -2.38. The summed E-state index contributed by atoms with van der Waals surface area (Å²) in [5, 5.41) is 9.19. The number of likely N-dealkylation sites (N-methyl/N-ethyl adjacent to an activating group) is 1. The molecule has 1 aromatic heterocycles. The standard InChI is InChI=1S/C21H22F5N3O3S2.C3H5F3/c1-28-6-7-29(12-2-4-20(22,23)5-3-12)14-8-13(21(24,25)26)15(9-16(14)34-28)32-10-17-18(19(30)31)27-11-33-17;1-2-3(4,5)6/h8-9,11-12H,2-7,10H2,1H3,(H,30,31);2H2,1H3. The minimum Gasteiger partial charge on any atom is -0.487 e. The van der Waals surface area contributed by atoms with Crippen LogP contribution in [0.1, 0.15) is 60.0 Å². The molecule has 2 aromatic rings. The number of carboxylic acids is 1. The Kier molecular flexibility index (Phi) is 10.2. The van der Waals surface area contributed by atoms with Gasteiger partial charge in [0, 0.05) is 38.4 Å². The van der Waals surface area contributed by atoms with E-state index in [-0.39, 0.29) is 48.9 Å². The smallest absolute Gasteiger partial charge is 0.420 e. The Morgan fingerprint density at radius 2 is 1.77 bits per heavy atom. The number of carboxylic acid groups (broad SMARTS) is 1. The Labute approximate surface area is 233 Å². The fourth-order valence-electron chi connectivity index (χ4n) is 4.18. The van der Waals surface area contributed by atoms with E-state index in [9.17, 15) is 45.0 Å². The summed E-state index contributed by atoms with van der Waals surface area (Å²) in [5.74, 6) is -4.45. The number of aromatic carboxylic acids is 1. The summed E-state index contributed by atoms with van der Waals surface area (Å²) >= 11 is 2.24. The number of hydrogen-bond donors (Lipinski definition) is 1. The minimum absolute atomic E-state index is 0.198. The number of alkyl halides is 8. The van der Waals surface area contributed by atoms with Crippen LogP contribution in [-0.2, 0) is 12.8 Å². The van der Waals surface area contributed by atoms with E-state index in [0.717, 1.165) is 24.3 Å². The van der Waals surface area contributed by atoms with E-state index in [1.165, 1.54) is 23.5 Å². The molecule has 4 rings (SSSR count). The van der Waals surface area contributed by atoms with Crippen LogP contribution in [0, 0.1) is 0 Å². The van der Waals surface area contributed by atoms with Gasteiger partial charge >= 0.3 is 18.3 Å². The third-order valence-electron chi connectivity index (χ3n) is 6.32. The lowest BCUT2D eigenvalue weighted by Crippen LogP contribution is -2.43. The van der Waals surface area contributed by atoms with Gasteiger partial charge in [-0.15, -0.1) is 11.3 Å². The maximum Gasteiger partial charge on any atom is 0.420 e. The molecule has 1 aromatic carbocycles. The van der Waals surface area contributed by atoms with Crippen molar-refractivity contribution >= 4 is 34.9 Å². The van der Waals surface area contributed by atoms with E-state index in [4.69, 9.17) is 4.74 Å². The molecule has 1 aliphatic carbocycles. The summed E-state index contributed by atoms with van der Waals surface area (Å²) < 4.78 is 109. The lowest BCUT2D eigenvalue weighted by molar-refractivity contribution is -0.139. The molecular formula is C24H27F8N3O3S2. The zero-order valence-electron chi connectivity index (χ0n) is 21.4. The summed E-state index contributed by atoms with van der Waals surface area (Å²) in [5.41, 5.74) is 0.375. The molecule has 224 valence electrons. The van der Waals surface area contributed by atoms with E-state index in [2.05, 4.69) is 4.98 Å². The van der Waals surface area contributed by atoms with Gasteiger partial charge in [0.15, 0.2) is 5.69 Å². The fraction of sp³-hybridized carbons (Fsp3) is 0.583. The number of halogens is 8. The Bertz CT molecular complexity index is 1160. The molecule has 0 saturated heterocycles. The number of fused-ring (bicyclic) bond motifs is 1. The molecule has 0 radical (unpaired) electrons. The summed E-state index contributed by atoms with van der Waals surface area (Å²) in [4.78, 5) is 17.5. The summed E-state index contributed by atoms with van der Waals surface area (Å²) in [6.45, 7) is 1.65. The van der Waals surface area contributed by atoms with Crippen molar-refractivity contribution in [2.24, 2.45) is 0 Å². The van der Waals surface area contributed by atoms with Gasteiger partial charge in [-0.3, -0.25) is 0 Å². The molecule has 40 heavy (non-hydrogen) atoms. The number of hydrogen-bond acceptors (Lipinski definition) is 7. The van der Waals surface area contributed by atoms with E-state index < -0.39 is 42.0 Å². The lowest BCUT2D eigenvalue weighted by atomic mass is 9.90. The molecule has 2 heterocycles. The van der Waals surface area contributed by atoms with Crippen molar-refractivity contribution in [1.82, 2.24) is 9.29 Å². The molecule has 0 bridgehead atoms. The average molecular weight is 622 g/mol. The molecule has 1 fully saturated rings. The third kappa shape index (κ3) is 8.59. The minimum atomic E-state index is -4.73. The number of nitrogens with zero attached hydrogens (tertiary/aromatic N) is 3. The van der Waals surface area contributed by atoms with Crippen molar-refractivity contribution in [3.05, 3.63) is 33.8 Å². The van der Waals surface area contributed by atoms with Gasteiger partial charge < -0.3 is 14.7 Å². The quantitative estimate of drug-likeness (QED) is 0.271. The first-order chi connectivity index (χ1) is 18.5. The molecule has 16 heteroatoms. The first kappa shape index (κ1) is 32.2. The van der Waals surface area contributed by atoms with E-state index in [1.807, 2.05) is 16.3 Å². The summed E-state index contributed by atoms with van der Waals surface area (Å²) in [7, 11) is 1.81. The van der Waals surface area contributed by atoms with Crippen molar-refractivity contribution in [1.29, 1.82) is 0 Å². The first-order valence-corrected chi connectivity index (χ1v) is 13.8. The van der Waals surface area contributed by atoms with Gasteiger partial charge in [0.25, 0.3) is 0 Å². The molecule has 2 aliphatic rings. The van der Waals surface area contributed by atoms with Crippen molar-refractivity contribution in [2.45, 2.75) is 74.8 Å². The largest absolute Gasteiger partial charge is 0.487 e. The van der Waals surface area contributed by atoms with Crippen LogP contribution in [0.3, 0.4) is 0 Å². The molecule has 1 saturated carbocycles. The number of thiazole rings is 1. The Morgan fingerprint density at radius 3 is 2.33 bits per heavy atom. The van der Waals surface area contributed by atoms with Crippen LogP contribution in [0.15, 0.2) is 22.5 Å². The second-order valence-electron chi connectivity index (χ2n) is 9.22. The maximum absolute atomic E-state index is 14.0. The highest BCUT2D eigenvalue weighted by Crippen LogP contribution is 2.47. The number of ether oxygens (including phenoxy) is 1. The highest BCUT2D eigenvalue weighted by Gasteiger charge is 2.40. The van der Waals surface area contributed by atoms with E-state index in [0.29, 0.717) is 23.7 Å². The van der Waals surface area contributed by atoms with Gasteiger partial charge in [0.2, 0.25) is 5.92 Å². The molecular weight excluding hydrogens is 594 g/mol. The van der Waals surface area contributed by atoms with Gasteiger partial charge in [0.1, 0.15) is 12.4 Å². The Hall–Kier alpha value is -2.33. The molecule has 0 amide bonds. The highest BCUT2D eigenvalue weighted by atomic mass is 32.2. The molecule has 1 N–H and O–H groups in total.